The predicted molar refractivity (Wildman–Crippen MR) is 51.7 cm³/mol. The molecule has 0 aliphatic carbocycles. The van der Waals surface area contributed by atoms with E-state index >= 15 is 0 Å². The molecule has 0 heterocycles. The van der Waals surface area contributed by atoms with Crippen LogP contribution in [0, 0.1) is 0 Å². The molecule has 0 unspecified atom stereocenters. The fourth-order valence-electron chi connectivity index (χ4n) is 0.773. The minimum atomic E-state index is 0.996. The molecule has 0 aromatic carbocycles. The highest BCUT2D eigenvalue weighted by atomic mass is 14.8. The van der Waals surface area contributed by atoms with Crippen molar-refractivity contribution in [2.24, 2.45) is 0 Å². The summed E-state index contributed by atoms with van der Waals surface area (Å²) >= 11 is 0. The van der Waals surface area contributed by atoms with Crippen LogP contribution < -0.4 is 5.32 Å². The van der Waals surface area contributed by atoms with Crippen LogP contribution >= 0.6 is 0 Å². The van der Waals surface area contributed by atoms with E-state index in [1.807, 2.05) is 6.92 Å². The summed E-state index contributed by atoms with van der Waals surface area (Å²) in [7, 11) is 0. The number of nitrogens with one attached hydrogen (secondary N) is 1. The van der Waals surface area contributed by atoms with Crippen molar-refractivity contribution >= 4 is 0 Å². The second-order valence-electron chi connectivity index (χ2n) is 2.44. The molecular weight excluding hydrogens is 134 g/mol. The van der Waals surface area contributed by atoms with Crippen molar-refractivity contribution in [1.82, 2.24) is 5.32 Å². The van der Waals surface area contributed by atoms with Gasteiger partial charge >= 0.3 is 0 Å². The van der Waals surface area contributed by atoms with Crippen molar-refractivity contribution < 1.29 is 0 Å². The van der Waals surface area contributed by atoms with Gasteiger partial charge in [-0.25, -0.2) is 0 Å². The molecule has 0 bridgehead atoms. The van der Waals surface area contributed by atoms with Crippen LogP contribution in [0.2, 0.25) is 0 Å². The molecule has 64 valence electrons. The Hall–Kier alpha value is -0.560. The molecule has 0 spiro atoms. The van der Waals surface area contributed by atoms with E-state index in [-0.39, 0.29) is 0 Å². The first-order valence-electron chi connectivity index (χ1n) is 4.38. The van der Waals surface area contributed by atoms with E-state index in [0.717, 1.165) is 25.9 Å². The lowest BCUT2D eigenvalue weighted by atomic mass is 10.3. The van der Waals surface area contributed by atoms with E-state index in [9.17, 15) is 0 Å². The zero-order chi connectivity index (χ0) is 8.36. The summed E-state index contributed by atoms with van der Waals surface area (Å²) in [4.78, 5) is 0. The maximum atomic E-state index is 3.31. The van der Waals surface area contributed by atoms with Gasteiger partial charge in [-0.2, -0.15) is 0 Å². The van der Waals surface area contributed by atoms with E-state index in [1.165, 1.54) is 0 Å². The minimum absolute atomic E-state index is 0.996. The highest BCUT2D eigenvalue weighted by Gasteiger charge is 1.78. The van der Waals surface area contributed by atoms with Gasteiger partial charge in [0.15, 0.2) is 0 Å². The van der Waals surface area contributed by atoms with Crippen LogP contribution in [0.15, 0.2) is 24.3 Å². The zero-order valence-electron chi connectivity index (χ0n) is 7.64. The predicted octanol–water partition coefficient (Wildman–Crippen LogP) is 2.51. The van der Waals surface area contributed by atoms with Crippen molar-refractivity contribution in [2.45, 2.75) is 26.7 Å². The summed E-state index contributed by atoms with van der Waals surface area (Å²) in [6, 6.07) is 0. The van der Waals surface area contributed by atoms with Crippen LogP contribution in [0.3, 0.4) is 0 Å². The van der Waals surface area contributed by atoms with Crippen molar-refractivity contribution in [3.05, 3.63) is 24.3 Å². The molecule has 0 aliphatic rings. The number of hydrogen-bond donors (Lipinski definition) is 1. The van der Waals surface area contributed by atoms with Gasteiger partial charge in [0, 0.05) is 6.54 Å². The van der Waals surface area contributed by atoms with Crippen molar-refractivity contribution in [3.63, 3.8) is 0 Å². The molecule has 1 heteroatoms. The van der Waals surface area contributed by atoms with Gasteiger partial charge in [-0.05, 0) is 26.3 Å². The third-order valence-electron chi connectivity index (χ3n) is 1.39. The monoisotopic (exact) mass is 153 g/mol. The lowest BCUT2D eigenvalue weighted by molar-refractivity contribution is 0.755. The Balaban J connectivity index is 2.96. The highest BCUT2D eigenvalue weighted by molar-refractivity contribution is 4.83. The molecule has 11 heavy (non-hydrogen) atoms. The molecule has 0 fully saturated rings. The topological polar surface area (TPSA) is 12.0 Å². The van der Waals surface area contributed by atoms with Crippen LogP contribution in [-0.2, 0) is 0 Å². The van der Waals surface area contributed by atoms with Crippen LogP contribution in [0.5, 0.6) is 0 Å². The lowest BCUT2D eigenvalue weighted by Gasteiger charge is -1.95. The Morgan fingerprint density at radius 3 is 2.64 bits per heavy atom. The standard InChI is InChI=1S/C10H19N/c1-3-5-7-8-10-11-9-6-4-2/h4-7,11H,3,8-10H2,1-2H3/b6-4-,7-5-. The summed E-state index contributed by atoms with van der Waals surface area (Å²) in [5, 5.41) is 3.31. The quantitative estimate of drug-likeness (QED) is 0.456. The van der Waals surface area contributed by atoms with Crippen LogP contribution in [0.25, 0.3) is 0 Å². The number of allylic oxidation sites excluding steroid dienone is 2. The van der Waals surface area contributed by atoms with Gasteiger partial charge < -0.3 is 5.32 Å². The third kappa shape index (κ3) is 9.44. The molecule has 0 saturated heterocycles. The Morgan fingerprint density at radius 2 is 2.00 bits per heavy atom. The average molecular weight is 153 g/mol. The van der Waals surface area contributed by atoms with Crippen molar-refractivity contribution in [2.75, 3.05) is 13.1 Å². The van der Waals surface area contributed by atoms with Gasteiger partial charge in [0.25, 0.3) is 0 Å². The minimum Gasteiger partial charge on any atom is -0.313 e. The Labute approximate surface area is 70.2 Å². The lowest BCUT2D eigenvalue weighted by Crippen LogP contribution is -2.13. The molecule has 0 aromatic heterocycles. The first-order chi connectivity index (χ1) is 5.41. The molecule has 0 atom stereocenters. The first-order valence-corrected chi connectivity index (χ1v) is 4.38. The molecule has 0 aliphatic heterocycles. The summed E-state index contributed by atoms with van der Waals surface area (Å²) in [5.41, 5.74) is 0. The maximum absolute atomic E-state index is 3.31. The van der Waals surface area contributed by atoms with E-state index in [1.54, 1.807) is 0 Å². The molecule has 0 rings (SSSR count). The molecule has 0 amide bonds. The van der Waals surface area contributed by atoms with E-state index in [4.69, 9.17) is 0 Å². The highest BCUT2D eigenvalue weighted by Crippen LogP contribution is 1.83. The van der Waals surface area contributed by atoms with E-state index in [2.05, 4.69) is 36.5 Å². The van der Waals surface area contributed by atoms with E-state index in [0.29, 0.717) is 0 Å². The van der Waals surface area contributed by atoms with Gasteiger partial charge in [-0.1, -0.05) is 31.2 Å². The summed E-state index contributed by atoms with van der Waals surface area (Å²) < 4.78 is 0. The smallest absolute Gasteiger partial charge is 0.0134 e. The molecular formula is C10H19N. The third-order valence-corrected chi connectivity index (χ3v) is 1.39. The summed E-state index contributed by atoms with van der Waals surface area (Å²) in [6.07, 6.45) is 10.9. The van der Waals surface area contributed by atoms with Crippen LogP contribution in [0.1, 0.15) is 26.7 Å². The van der Waals surface area contributed by atoms with Gasteiger partial charge in [-0.15, -0.1) is 0 Å². The molecule has 0 radical (unpaired) electrons. The van der Waals surface area contributed by atoms with Gasteiger partial charge in [0.2, 0.25) is 0 Å². The SMILES string of the molecule is C/C=C\CNCC/C=C\CC. The Morgan fingerprint density at radius 1 is 1.18 bits per heavy atom. The van der Waals surface area contributed by atoms with Gasteiger partial charge in [0.05, 0.1) is 0 Å². The first kappa shape index (κ1) is 10.4. The zero-order valence-corrected chi connectivity index (χ0v) is 7.64. The largest absolute Gasteiger partial charge is 0.313 e. The molecule has 1 N–H and O–H groups in total. The Bertz CT molecular complexity index is 114. The van der Waals surface area contributed by atoms with E-state index < -0.39 is 0 Å². The van der Waals surface area contributed by atoms with Crippen molar-refractivity contribution in [1.29, 1.82) is 0 Å². The van der Waals surface area contributed by atoms with Crippen LogP contribution in [-0.4, -0.2) is 13.1 Å². The molecule has 0 saturated carbocycles. The number of rotatable bonds is 6. The maximum Gasteiger partial charge on any atom is 0.0134 e. The average Bonchev–Trinajstić information content (AvgIpc) is 2.03. The second-order valence-corrected chi connectivity index (χ2v) is 2.44. The Kier molecular flexibility index (Phi) is 8.96. The summed E-state index contributed by atoms with van der Waals surface area (Å²) in [6.45, 7) is 6.28. The normalized spacial score (nSPS) is 11.8. The number of hydrogen-bond acceptors (Lipinski definition) is 1. The van der Waals surface area contributed by atoms with Crippen molar-refractivity contribution in [3.8, 4) is 0 Å². The second kappa shape index (κ2) is 9.44. The molecule has 0 aromatic rings. The molecule has 1 nitrogen and oxygen atoms in total. The summed E-state index contributed by atoms with van der Waals surface area (Å²) in [5.74, 6) is 0. The van der Waals surface area contributed by atoms with Gasteiger partial charge in [-0.3, -0.25) is 0 Å². The fourth-order valence-corrected chi connectivity index (χ4v) is 0.773. The fraction of sp³-hybridized carbons (Fsp3) is 0.600. The van der Waals surface area contributed by atoms with Gasteiger partial charge in [0.1, 0.15) is 0 Å². The van der Waals surface area contributed by atoms with Crippen LogP contribution in [0.4, 0.5) is 0 Å².